The Hall–Kier alpha value is -2.59. The van der Waals surface area contributed by atoms with Gasteiger partial charge in [0.1, 0.15) is 11.4 Å². The first-order valence-corrected chi connectivity index (χ1v) is 9.20. The van der Waals surface area contributed by atoms with E-state index in [1.165, 1.54) is 0 Å². The Kier molecular flexibility index (Phi) is 8.76. The number of nitrogens with one attached hydrogen (secondary N) is 1. The van der Waals surface area contributed by atoms with Gasteiger partial charge in [-0.15, -0.1) is 0 Å². The zero-order valence-corrected chi connectivity index (χ0v) is 15.5. The number of hydrogen-bond donors (Lipinski definition) is 1. The maximum Gasteiger partial charge on any atom is 0.324 e. The van der Waals surface area contributed by atoms with Crippen LogP contribution in [0.5, 0.6) is 5.75 Å². The van der Waals surface area contributed by atoms with Crippen LogP contribution in [0.3, 0.4) is 0 Å². The minimum atomic E-state index is -0.954. The molecule has 1 heterocycles. The quantitative estimate of drug-likeness (QED) is 0.264. The third kappa shape index (κ3) is 6.54. The molecule has 0 spiro atoms. The molecule has 1 aliphatic heterocycles. The summed E-state index contributed by atoms with van der Waals surface area (Å²) >= 11 is 0. The van der Waals surface area contributed by atoms with Gasteiger partial charge in [-0.1, -0.05) is 12.8 Å². The predicted molar refractivity (Wildman–Crippen MR) is 97.6 cm³/mol. The van der Waals surface area contributed by atoms with Gasteiger partial charge in [-0.25, -0.2) is 9.40 Å². The van der Waals surface area contributed by atoms with Crippen LogP contribution in [0.2, 0.25) is 0 Å². The van der Waals surface area contributed by atoms with Crippen LogP contribution < -0.4 is 10.2 Å². The summed E-state index contributed by atoms with van der Waals surface area (Å²) in [4.78, 5) is 33.0. The molecule has 1 saturated heterocycles. The molecular weight excluding hydrogens is 373 g/mol. The van der Waals surface area contributed by atoms with E-state index in [1.54, 1.807) is 0 Å². The molecule has 0 aliphatic carbocycles. The molecule has 1 fully saturated rings. The van der Waals surface area contributed by atoms with Crippen molar-refractivity contribution < 1.29 is 28.4 Å². The topological polar surface area (TPSA) is 111 Å². The smallest absolute Gasteiger partial charge is 0.324 e. The van der Waals surface area contributed by atoms with Crippen molar-refractivity contribution in [2.45, 2.75) is 32.1 Å². The zero-order chi connectivity index (χ0) is 20.4. The van der Waals surface area contributed by atoms with Crippen molar-refractivity contribution >= 4 is 17.9 Å². The summed E-state index contributed by atoms with van der Waals surface area (Å²) < 4.78 is 24.1. The van der Waals surface area contributed by atoms with Crippen LogP contribution in [-0.2, 0) is 9.53 Å². The second-order valence-corrected chi connectivity index (χ2v) is 6.33. The summed E-state index contributed by atoms with van der Waals surface area (Å²) in [6, 6.07) is 2.12. The van der Waals surface area contributed by atoms with Crippen molar-refractivity contribution in [2.75, 3.05) is 32.9 Å². The molecule has 154 valence electrons. The Balaban J connectivity index is 1.65. The fourth-order valence-electron chi connectivity index (χ4n) is 2.81. The Labute approximate surface area is 161 Å². The number of aldehydes is 1. The first-order chi connectivity index (χ1) is 13.5. The third-order valence-electron chi connectivity index (χ3n) is 4.28. The van der Waals surface area contributed by atoms with Crippen LogP contribution in [0.4, 0.5) is 10.1 Å². The van der Waals surface area contributed by atoms with Crippen molar-refractivity contribution in [3.63, 3.8) is 0 Å². The van der Waals surface area contributed by atoms with E-state index in [0.29, 0.717) is 39.1 Å². The van der Waals surface area contributed by atoms with Crippen LogP contribution in [0.15, 0.2) is 12.1 Å². The molecule has 0 saturated carbocycles. The number of hydrogen-bond acceptors (Lipinski definition) is 7. The normalized spacial score (nSPS) is 14.5. The molecule has 0 atom stereocenters. The Morgan fingerprint density at radius 3 is 2.68 bits per heavy atom. The predicted octanol–water partition coefficient (Wildman–Crippen LogP) is 2.24. The van der Waals surface area contributed by atoms with Gasteiger partial charge in [-0.3, -0.25) is 25.1 Å². The minimum absolute atomic E-state index is 0.0264. The van der Waals surface area contributed by atoms with E-state index in [9.17, 15) is 24.1 Å². The lowest BCUT2D eigenvalue weighted by Gasteiger charge is -2.26. The zero-order valence-electron chi connectivity index (χ0n) is 15.5. The summed E-state index contributed by atoms with van der Waals surface area (Å²) in [6.45, 7) is 2.79. The number of unbranched alkanes of at least 4 members (excludes halogenated alkanes) is 3. The van der Waals surface area contributed by atoms with E-state index in [0.717, 1.165) is 31.4 Å². The molecule has 1 amide bonds. The minimum Gasteiger partial charge on any atom is -0.487 e. The molecule has 0 bridgehead atoms. The fourth-order valence-corrected chi connectivity index (χ4v) is 2.81. The number of nitro groups is 1. The molecule has 9 nitrogen and oxygen atoms in total. The molecule has 10 heteroatoms. The number of rotatable bonds is 11. The molecule has 1 aliphatic rings. The van der Waals surface area contributed by atoms with E-state index in [2.05, 4.69) is 5.43 Å². The van der Waals surface area contributed by atoms with Crippen molar-refractivity contribution in [1.29, 1.82) is 0 Å². The molecule has 28 heavy (non-hydrogen) atoms. The van der Waals surface area contributed by atoms with Crippen molar-refractivity contribution in [2.24, 2.45) is 0 Å². The average Bonchev–Trinajstić information content (AvgIpc) is 2.68. The van der Waals surface area contributed by atoms with E-state index in [4.69, 9.17) is 9.47 Å². The van der Waals surface area contributed by atoms with Crippen molar-refractivity contribution in [3.8, 4) is 5.75 Å². The first kappa shape index (κ1) is 21.7. The van der Waals surface area contributed by atoms with E-state index in [1.807, 2.05) is 5.01 Å². The van der Waals surface area contributed by atoms with Crippen molar-refractivity contribution in [1.82, 2.24) is 10.4 Å². The fraction of sp³-hybridized carbons (Fsp3) is 0.556. The summed E-state index contributed by atoms with van der Waals surface area (Å²) in [5.74, 6) is -1.11. The molecule has 1 N–H and O–H groups in total. The maximum atomic E-state index is 13.5. The average molecular weight is 397 g/mol. The molecular formula is C18H24FN3O6. The number of carbonyl (C=O) groups excluding carboxylic acids is 2. The highest BCUT2D eigenvalue weighted by molar-refractivity contribution is 5.84. The molecule has 0 unspecified atom stereocenters. The lowest BCUT2D eigenvalue weighted by atomic mass is 10.1. The molecule has 1 aromatic rings. The van der Waals surface area contributed by atoms with Crippen molar-refractivity contribution in [3.05, 3.63) is 33.6 Å². The van der Waals surface area contributed by atoms with E-state index >= 15 is 0 Å². The number of carbonyl (C=O) groups is 2. The van der Waals surface area contributed by atoms with Gasteiger partial charge < -0.3 is 9.47 Å². The largest absolute Gasteiger partial charge is 0.487 e. The number of ether oxygens (including phenoxy) is 2. The van der Waals surface area contributed by atoms with E-state index in [-0.39, 0.29) is 24.5 Å². The lowest BCUT2D eigenvalue weighted by molar-refractivity contribution is -0.386. The Morgan fingerprint density at radius 1 is 1.29 bits per heavy atom. The van der Waals surface area contributed by atoms with Gasteiger partial charge in [0.15, 0.2) is 12.0 Å². The Bertz CT molecular complexity index is 694. The first-order valence-electron chi connectivity index (χ1n) is 9.20. The monoisotopic (exact) mass is 397 g/mol. The number of hydrazine groups is 1. The van der Waals surface area contributed by atoms with Gasteiger partial charge in [0.2, 0.25) is 5.91 Å². The molecule has 2 rings (SSSR count). The number of nitrogens with zero attached hydrogens (tertiary/aromatic N) is 2. The molecule has 1 aromatic carbocycles. The summed E-state index contributed by atoms with van der Waals surface area (Å²) in [6.07, 6.45) is 3.47. The van der Waals surface area contributed by atoms with E-state index < -0.39 is 22.0 Å². The third-order valence-corrected chi connectivity index (χ3v) is 4.28. The van der Waals surface area contributed by atoms with Gasteiger partial charge in [0.25, 0.3) is 0 Å². The maximum absolute atomic E-state index is 13.5. The van der Waals surface area contributed by atoms with Crippen LogP contribution in [0.25, 0.3) is 0 Å². The van der Waals surface area contributed by atoms with Gasteiger partial charge in [-0.05, 0) is 25.0 Å². The number of halogens is 1. The number of morpholine rings is 1. The second kappa shape index (κ2) is 11.3. The van der Waals surface area contributed by atoms with Gasteiger partial charge in [0.05, 0.1) is 24.7 Å². The summed E-state index contributed by atoms with van der Waals surface area (Å²) in [5, 5.41) is 12.9. The van der Waals surface area contributed by atoms with Gasteiger partial charge in [0, 0.05) is 19.5 Å². The highest BCUT2D eigenvalue weighted by Crippen LogP contribution is 2.31. The molecule has 0 aromatic heterocycles. The SMILES string of the molecule is O=Cc1c(F)ccc(OCCCCCCC(=O)NN2CCOCC2)c1[N+](=O)[O-]. The van der Waals surface area contributed by atoms with Gasteiger partial charge in [-0.2, -0.15) is 0 Å². The number of benzene rings is 1. The summed E-state index contributed by atoms with van der Waals surface area (Å²) in [5.41, 5.74) is 1.57. The summed E-state index contributed by atoms with van der Waals surface area (Å²) in [7, 11) is 0. The van der Waals surface area contributed by atoms with Crippen LogP contribution in [0.1, 0.15) is 42.5 Å². The second-order valence-electron chi connectivity index (χ2n) is 6.33. The Morgan fingerprint density at radius 2 is 2.00 bits per heavy atom. The van der Waals surface area contributed by atoms with Crippen LogP contribution in [-0.4, -0.2) is 55.0 Å². The van der Waals surface area contributed by atoms with Gasteiger partial charge >= 0.3 is 5.69 Å². The van der Waals surface area contributed by atoms with Crippen LogP contribution in [0, 0.1) is 15.9 Å². The standard InChI is InChI=1S/C18H24FN3O6/c19-15-6-7-16(18(22(25)26)14(15)13-23)28-10-4-2-1-3-5-17(24)20-21-8-11-27-12-9-21/h6-7,13H,1-5,8-12H2,(H,20,24). The highest BCUT2D eigenvalue weighted by atomic mass is 19.1. The highest BCUT2D eigenvalue weighted by Gasteiger charge is 2.24. The molecule has 0 radical (unpaired) electrons. The van der Waals surface area contributed by atoms with Crippen LogP contribution >= 0.6 is 0 Å². The number of nitro benzene ring substituents is 1. The number of amides is 1. The lowest BCUT2D eigenvalue weighted by Crippen LogP contribution is -2.48.